The van der Waals surface area contributed by atoms with E-state index >= 15 is 0 Å². The Balaban J connectivity index is 1.00. The Kier molecular flexibility index (Phi) is 8.93. The van der Waals surface area contributed by atoms with Gasteiger partial charge in [-0.05, 0) is 96.2 Å². The Bertz CT molecular complexity index is 3640. The fourth-order valence-corrected chi connectivity index (χ4v) is 9.69. The van der Waals surface area contributed by atoms with E-state index in [-0.39, 0.29) is 0 Å². The van der Waals surface area contributed by atoms with E-state index in [4.69, 9.17) is 4.42 Å². The summed E-state index contributed by atoms with van der Waals surface area (Å²) in [7, 11) is 0. The monoisotopic (exact) mass is 803 g/mol. The predicted octanol–water partition coefficient (Wildman–Crippen LogP) is 17.1. The highest BCUT2D eigenvalue weighted by molar-refractivity contribution is 6.17. The van der Waals surface area contributed by atoms with Crippen molar-refractivity contribution in [3.8, 4) is 44.5 Å². The van der Waals surface area contributed by atoms with Gasteiger partial charge in [-0.25, -0.2) is 0 Å². The van der Waals surface area contributed by atoms with Crippen LogP contribution in [0.3, 0.4) is 0 Å². The Morgan fingerprint density at radius 3 is 1.68 bits per heavy atom. The molecule has 0 aliphatic heterocycles. The lowest BCUT2D eigenvalue weighted by molar-refractivity contribution is 0.673. The molecule has 12 rings (SSSR count). The molecule has 296 valence electrons. The van der Waals surface area contributed by atoms with Gasteiger partial charge in [0, 0.05) is 45.2 Å². The number of nitrogens with zero attached hydrogens (tertiary/aromatic N) is 1. The van der Waals surface area contributed by atoms with Crippen molar-refractivity contribution >= 4 is 65.6 Å². The van der Waals surface area contributed by atoms with Crippen LogP contribution in [0.2, 0.25) is 0 Å². The summed E-state index contributed by atoms with van der Waals surface area (Å²) in [6.45, 7) is 0.632. The van der Waals surface area contributed by atoms with E-state index in [2.05, 4.69) is 241 Å². The van der Waals surface area contributed by atoms with Gasteiger partial charge < -0.3 is 9.32 Å². The first-order valence-electron chi connectivity index (χ1n) is 21.7. The highest BCUT2D eigenvalue weighted by atomic mass is 16.3. The van der Waals surface area contributed by atoms with Crippen LogP contribution in [0.15, 0.2) is 241 Å². The summed E-state index contributed by atoms with van der Waals surface area (Å²) in [6, 6.07) is 85.7. The average molecular weight is 804 g/mol. The first-order valence-corrected chi connectivity index (χ1v) is 21.7. The van der Waals surface area contributed by atoms with Crippen LogP contribution in [-0.4, -0.2) is 0 Å². The zero-order chi connectivity index (χ0) is 41.7. The standard InChI is InChI=1S/C61H41NO/c1-2-15-41(16-3-1)42-29-31-44(32-30-42)51-22-12-13-28-59(51)62(48-36-33-45(34-37-48)58-39-46-18-5-7-20-49(46)53-24-10-11-25-54(53)58)40-47-19-6-8-21-50(47)55-26-14-27-56-57-38-35-43-17-4-9-23-52(43)60(57)63-61(55)56/h1-39H,40H2. The SMILES string of the molecule is c1ccc(-c2ccc(-c3ccccc3N(Cc3ccccc3-c3cccc4c3oc3c5ccccc5ccc43)c3ccc(-c4cc5ccccc5c5ccccc45)cc3)cc2)cc1. The van der Waals surface area contributed by atoms with Gasteiger partial charge in [0.25, 0.3) is 0 Å². The highest BCUT2D eigenvalue weighted by Crippen LogP contribution is 2.43. The molecule has 0 amide bonds. The fraction of sp³-hybridized carbons (Fsp3) is 0.0164. The van der Waals surface area contributed by atoms with E-state index in [1.807, 2.05) is 0 Å². The fourth-order valence-electron chi connectivity index (χ4n) is 9.69. The number of para-hydroxylation sites is 2. The van der Waals surface area contributed by atoms with Gasteiger partial charge in [-0.15, -0.1) is 0 Å². The largest absolute Gasteiger partial charge is 0.455 e. The van der Waals surface area contributed by atoms with E-state index in [9.17, 15) is 0 Å². The Morgan fingerprint density at radius 2 is 0.857 bits per heavy atom. The van der Waals surface area contributed by atoms with Gasteiger partial charge in [-0.2, -0.15) is 0 Å². The molecular weight excluding hydrogens is 763 g/mol. The minimum atomic E-state index is 0.632. The third-order valence-corrected chi connectivity index (χ3v) is 12.8. The van der Waals surface area contributed by atoms with E-state index < -0.39 is 0 Å². The second kappa shape index (κ2) is 15.4. The normalized spacial score (nSPS) is 11.6. The van der Waals surface area contributed by atoms with Gasteiger partial charge in [0.15, 0.2) is 0 Å². The second-order valence-corrected chi connectivity index (χ2v) is 16.4. The van der Waals surface area contributed by atoms with Gasteiger partial charge in [-0.1, -0.05) is 206 Å². The van der Waals surface area contributed by atoms with E-state index in [0.717, 1.165) is 49.8 Å². The first kappa shape index (κ1) is 36.6. The van der Waals surface area contributed by atoms with Crippen molar-refractivity contribution in [1.29, 1.82) is 0 Å². The molecule has 0 N–H and O–H groups in total. The minimum Gasteiger partial charge on any atom is -0.455 e. The quantitative estimate of drug-likeness (QED) is 0.142. The molecule has 0 spiro atoms. The van der Waals surface area contributed by atoms with Crippen LogP contribution in [0, 0.1) is 0 Å². The van der Waals surface area contributed by atoms with Gasteiger partial charge >= 0.3 is 0 Å². The smallest absolute Gasteiger partial charge is 0.143 e. The van der Waals surface area contributed by atoms with Crippen LogP contribution >= 0.6 is 0 Å². The molecule has 2 nitrogen and oxygen atoms in total. The van der Waals surface area contributed by atoms with E-state index in [0.29, 0.717) is 6.54 Å². The molecular formula is C61H41NO. The van der Waals surface area contributed by atoms with Crippen molar-refractivity contribution in [2.24, 2.45) is 0 Å². The third-order valence-electron chi connectivity index (χ3n) is 12.8. The molecule has 0 saturated carbocycles. The van der Waals surface area contributed by atoms with Crippen LogP contribution in [0.1, 0.15) is 5.56 Å². The second-order valence-electron chi connectivity index (χ2n) is 16.4. The molecule has 0 aliphatic rings. The van der Waals surface area contributed by atoms with Crippen LogP contribution in [0.4, 0.5) is 11.4 Å². The molecule has 2 heteroatoms. The first-order chi connectivity index (χ1) is 31.2. The van der Waals surface area contributed by atoms with Crippen LogP contribution in [0.25, 0.3) is 98.8 Å². The molecule has 63 heavy (non-hydrogen) atoms. The lowest BCUT2D eigenvalue weighted by Crippen LogP contribution is -2.18. The van der Waals surface area contributed by atoms with Gasteiger partial charge in [0.2, 0.25) is 0 Å². The molecule has 0 fully saturated rings. The van der Waals surface area contributed by atoms with Crippen molar-refractivity contribution in [3.05, 3.63) is 242 Å². The molecule has 0 bridgehead atoms. The van der Waals surface area contributed by atoms with Gasteiger partial charge in [0.05, 0.1) is 0 Å². The summed E-state index contributed by atoms with van der Waals surface area (Å²) in [4.78, 5) is 2.48. The zero-order valence-electron chi connectivity index (χ0n) is 34.6. The van der Waals surface area contributed by atoms with Gasteiger partial charge in [-0.3, -0.25) is 0 Å². The van der Waals surface area contributed by atoms with Crippen molar-refractivity contribution < 1.29 is 4.42 Å². The summed E-state index contributed by atoms with van der Waals surface area (Å²) < 4.78 is 6.90. The van der Waals surface area contributed by atoms with Gasteiger partial charge in [0.1, 0.15) is 11.2 Å². The molecule has 11 aromatic carbocycles. The molecule has 1 heterocycles. The zero-order valence-corrected chi connectivity index (χ0v) is 34.6. The average Bonchev–Trinajstić information content (AvgIpc) is 3.76. The van der Waals surface area contributed by atoms with E-state index in [1.54, 1.807) is 0 Å². The topological polar surface area (TPSA) is 16.4 Å². The lowest BCUT2D eigenvalue weighted by atomic mass is 9.93. The molecule has 0 atom stereocenters. The van der Waals surface area contributed by atoms with Crippen LogP contribution in [-0.2, 0) is 6.54 Å². The molecule has 0 radical (unpaired) electrons. The van der Waals surface area contributed by atoms with E-state index in [1.165, 1.54) is 65.9 Å². The molecule has 0 aliphatic carbocycles. The summed E-state index contributed by atoms with van der Waals surface area (Å²) >= 11 is 0. The lowest BCUT2D eigenvalue weighted by Gasteiger charge is -2.29. The number of rotatable bonds is 8. The summed E-state index contributed by atoms with van der Waals surface area (Å²) in [5.41, 5.74) is 14.7. The summed E-state index contributed by atoms with van der Waals surface area (Å²) in [5, 5.41) is 9.61. The van der Waals surface area contributed by atoms with Crippen molar-refractivity contribution in [3.63, 3.8) is 0 Å². The number of fused-ring (bicyclic) bond motifs is 8. The highest BCUT2D eigenvalue weighted by Gasteiger charge is 2.21. The summed E-state index contributed by atoms with van der Waals surface area (Å²) in [6.07, 6.45) is 0. The Morgan fingerprint density at radius 1 is 0.302 bits per heavy atom. The number of hydrogen-bond donors (Lipinski definition) is 0. The number of benzene rings is 11. The molecule has 0 saturated heterocycles. The Hall–Kier alpha value is -8.20. The van der Waals surface area contributed by atoms with Crippen molar-refractivity contribution in [2.75, 3.05) is 4.90 Å². The molecule has 12 aromatic rings. The van der Waals surface area contributed by atoms with Crippen molar-refractivity contribution in [2.45, 2.75) is 6.54 Å². The maximum Gasteiger partial charge on any atom is 0.143 e. The minimum absolute atomic E-state index is 0.632. The number of furan rings is 1. The van der Waals surface area contributed by atoms with Crippen LogP contribution < -0.4 is 4.90 Å². The van der Waals surface area contributed by atoms with Crippen LogP contribution in [0.5, 0.6) is 0 Å². The third kappa shape index (κ3) is 6.43. The predicted molar refractivity (Wildman–Crippen MR) is 267 cm³/mol. The summed E-state index contributed by atoms with van der Waals surface area (Å²) in [5.74, 6) is 0. The Labute approximate surface area is 366 Å². The van der Waals surface area contributed by atoms with Crippen molar-refractivity contribution in [1.82, 2.24) is 0 Å². The maximum absolute atomic E-state index is 6.90. The molecule has 0 unspecified atom stereocenters. The number of anilines is 2. The number of hydrogen-bond acceptors (Lipinski definition) is 2. The maximum atomic E-state index is 6.90. The molecule has 1 aromatic heterocycles.